The summed E-state index contributed by atoms with van der Waals surface area (Å²) in [5, 5.41) is 8.64. The Morgan fingerprint density at radius 2 is 0.918 bits per heavy atom. The van der Waals surface area contributed by atoms with E-state index in [1.54, 1.807) is 0 Å². The molecule has 0 saturated carbocycles. The molecule has 10 rings (SSSR count). The zero-order valence-electron chi connectivity index (χ0n) is 26.5. The molecule has 0 N–H and O–H groups in total. The minimum atomic E-state index is 0.675. The van der Waals surface area contributed by atoms with Gasteiger partial charge in [0.15, 0.2) is 11.4 Å². The van der Waals surface area contributed by atoms with Gasteiger partial charge in [-0.15, -0.1) is 0 Å². The van der Waals surface area contributed by atoms with Crippen LogP contribution >= 0.6 is 0 Å². The van der Waals surface area contributed by atoms with Crippen molar-refractivity contribution < 1.29 is 4.42 Å². The molecular formula is C46H28N2O. The Morgan fingerprint density at radius 3 is 1.63 bits per heavy atom. The number of furan rings is 1. The highest BCUT2D eigenvalue weighted by Gasteiger charge is 2.21. The molecule has 0 fully saturated rings. The van der Waals surface area contributed by atoms with Crippen LogP contribution in [0.5, 0.6) is 0 Å². The number of nitrogens with zero attached hydrogens (tertiary/aromatic N) is 2. The summed E-state index contributed by atoms with van der Waals surface area (Å²) >= 11 is 0. The van der Waals surface area contributed by atoms with E-state index in [1.807, 2.05) is 42.5 Å². The van der Waals surface area contributed by atoms with Crippen LogP contribution in [0.3, 0.4) is 0 Å². The van der Waals surface area contributed by atoms with Crippen LogP contribution in [0.1, 0.15) is 0 Å². The van der Waals surface area contributed by atoms with Crippen molar-refractivity contribution in [2.75, 3.05) is 0 Å². The number of aromatic nitrogens is 2. The first-order valence-electron chi connectivity index (χ1n) is 16.6. The van der Waals surface area contributed by atoms with E-state index >= 15 is 0 Å². The molecule has 3 heteroatoms. The number of hydrogen-bond acceptors (Lipinski definition) is 3. The summed E-state index contributed by atoms with van der Waals surface area (Å²) in [6, 6.07) is 59.8. The van der Waals surface area contributed by atoms with Crippen LogP contribution < -0.4 is 0 Å². The van der Waals surface area contributed by atoms with E-state index in [0.717, 1.165) is 50.0 Å². The van der Waals surface area contributed by atoms with Gasteiger partial charge in [0.2, 0.25) is 0 Å². The minimum Gasteiger partial charge on any atom is -0.452 e. The van der Waals surface area contributed by atoms with Crippen molar-refractivity contribution in [1.82, 2.24) is 9.97 Å². The Labute approximate surface area is 282 Å². The molecule has 0 aliphatic carbocycles. The molecule has 10 aromatic rings. The second-order valence-electron chi connectivity index (χ2n) is 12.5. The number of benzene rings is 8. The van der Waals surface area contributed by atoms with Crippen molar-refractivity contribution in [2.45, 2.75) is 0 Å². The van der Waals surface area contributed by atoms with E-state index in [0.29, 0.717) is 11.4 Å². The van der Waals surface area contributed by atoms with Gasteiger partial charge in [-0.05, 0) is 72.8 Å². The molecule has 3 nitrogen and oxygen atoms in total. The summed E-state index contributed by atoms with van der Waals surface area (Å²) in [4.78, 5) is 10.2. The average molecular weight is 625 g/mol. The molecule has 0 aliphatic heterocycles. The standard InChI is InChI=1S/C46H28N2O/c1-3-13-29(14-4-1)43-45-44(48-46(47-43)30-15-5-2-6-16-30)42-34(23-12-24-41(42)49-45)33-18-11-17-31(27-33)32-25-26-39-37-21-8-7-19-35(37)36-20-9-10-22-38(36)40(39)28-32/h1-28H. The highest BCUT2D eigenvalue weighted by molar-refractivity contribution is 6.25. The molecule has 0 bridgehead atoms. The van der Waals surface area contributed by atoms with Crippen LogP contribution in [0.4, 0.5) is 0 Å². The zero-order valence-corrected chi connectivity index (χ0v) is 26.5. The Morgan fingerprint density at radius 1 is 0.367 bits per heavy atom. The van der Waals surface area contributed by atoms with Crippen LogP contribution in [-0.4, -0.2) is 9.97 Å². The van der Waals surface area contributed by atoms with Crippen LogP contribution in [0.15, 0.2) is 174 Å². The fourth-order valence-corrected chi connectivity index (χ4v) is 7.39. The third kappa shape index (κ3) is 4.44. The molecule has 0 atom stereocenters. The summed E-state index contributed by atoms with van der Waals surface area (Å²) < 4.78 is 6.61. The van der Waals surface area contributed by atoms with Gasteiger partial charge in [0.25, 0.3) is 0 Å². The normalized spacial score (nSPS) is 11.7. The van der Waals surface area contributed by atoms with E-state index in [2.05, 4.69) is 127 Å². The molecule has 0 spiro atoms. The van der Waals surface area contributed by atoms with Crippen LogP contribution in [0.2, 0.25) is 0 Å². The molecule has 0 unspecified atom stereocenters. The lowest BCUT2D eigenvalue weighted by molar-refractivity contribution is 0.667. The van der Waals surface area contributed by atoms with E-state index in [1.165, 1.54) is 37.9 Å². The smallest absolute Gasteiger partial charge is 0.180 e. The molecule has 0 aliphatic rings. The van der Waals surface area contributed by atoms with E-state index in [9.17, 15) is 0 Å². The fraction of sp³-hybridized carbons (Fsp3) is 0. The summed E-state index contributed by atoms with van der Waals surface area (Å²) in [6.45, 7) is 0. The molecule has 8 aromatic carbocycles. The van der Waals surface area contributed by atoms with Crippen LogP contribution in [0, 0.1) is 0 Å². The van der Waals surface area contributed by atoms with E-state index < -0.39 is 0 Å². The predicted molar refractivity (Wildman–Crippen MR) is 204 cm³/mol. The fourth-order valence-electron chi connectivity index (χ4n) is 7.39. The molecule has 49 heavy (non-hydrogen) atoms. The number of fused-ring (bicyclic) bond motifs is 9. The van der Waals surface area contributed by atoms with Gasteiger partial charge in [-0.25, -0.2) is 9.97 Å². The van der Waals surface area contributed by atoms with Gasteiger partial charge < -0.3 is 4.42 Å². The Balaban J connectivity index is 1.18. The summed E-state index contributed by atoms with van der Waals surface area (Å²) in [7, 11) is 0. The highest BCUT2D eigenvalue weighted by atomic mass is 16.3. The molecule has 2 aromatic heterocycles. The molecule has 0 radical (unpaired) electrons. The van der Waals surface area contributed by atoms with Gasteiger partial charge in [-0.2, -0.15) is 0 Å². The maximum Gasteiger partial charge on any atom is 0.180 e. The molecule has 0 amide bonds. The second-order valence-corrected chi connectivity index (χ2v) is 12.5. The summed E-state index contributed by atoms with van der Waals surface area (Å²) in [6.07, 6.45) is 0. The van der Waals surface area contributed by atoms with Crippen molar-refractivity contribution >= 4 is 54.4 Å². The third-order valence-corrected chi connectivity index (χ3v) is 9.67. The van der Waals surface area contributed by atoms with Gasteiger partial charge in [-0.3, -0.25) is 0 Å². The monoisotopic (exact) mass is 624 g/mol. The summed E-state index contributed by atoms with van der Waals surface area (Å²) in [5.41, 5.74) is 9.56. The van der Waals surface area contributed by atoms with E-state index in [4.69, 9.17) is 14.4 Å². The molecule has 228 valence electrons. The van der Waals surface area contributed by atoms with E-state index in [-0.39, 0.29) is 0 Å². The Kier molecular flexibility index (Phi) is 6.18. The maximum atomic E-state index is 6.61. The van der Waals surface area contributed by atoms with Crippen molar-refractivity contribution in [3.63, 3.8) is 0 Å². The highest BCUT2D eigenvalue weighted by Crippen LogP contribution is 2.42. The topological polar surface area (TPSA) is 38.9 Å². The first-order valence-corrected chi connectivity index (χ1v) is 16.6. The number of rotatable bonds is 4. The van der Waals surface area contributed by atoms with Crippen molar-refractivity contribution in [3.8, 4) is 44.9 Å². The van der Waals surface area contributed by atoms with Crippen LogP contribution in [-0.2, 0) is 0 Å². The third-order valence-electron chi connectivity index (χ3n) is 9.67. The zero-order chi connectivity index (χ0) is 32.3. The van der Waals surface area contributed by atoms with Crippen molar-refractivity contribution in [1.29, 1.82) is 0 Å². The molecule has 2 heterocycles. The SMILES string of the molecule is c1ccc(-c2nc(-c3ccccc3)c3oc4cccc(-c5cccc(-c6ccc7c8ccccc8c8ccccc8c7c6)c5)c4c3n2)cc1. The van der Waals surface area contributed by atoms with Gasteiger partial charge in [-0.1, -0.05) is 152 Å². The van der Waals surface area contributed by atoms with Crippen LogP contribution in [0.25, 0.3) is 99.3 Å². The van der Waals surface area contributed by atoms with Crippen molar-refractivity contribution in [3.05, 3.63) is 170 Å². The first kappa shape index (κ1) is 27.5. The lowest BCUT2D eigenvalue weighted by Gasteiger charge is -2.13. The average Bonchev–Trinajstić information content (AvgIpc) is 3.57. The molecule has 0 saturated heterocycles. The van der Waals surface area contributed by atoms with Gasteiger partial charge in [0.1, 0.15) is 16.8 Å². The Hall–Kier alpha value is -6.58. The minimum absolute atomic E-state index is 0.675. The molecular weight excluding hydrogens is 597 g/mol. The largest absolute Gasteiger partial charge is 0.452 e. The van der Waals surface area contributed by atoms with Gasteiger partial charge in [0.05, 0.1) is 5.39 Å². The Bertz CT molecular complexity index is 2840. The summed E-state index contributed by atoms with van der Waals surface area (Å²) in [5.74, 6) is 0.675. The first-order chi connectivity index (χ1) is 24.3. The van der Waals surface area contributed by atoms with Gasteiger partial charge in [0, 0.05) is 11.1 Å². The predicted octanol–water partition coefficient (Wildman–Crippen LogP) is 12.5. The maximum absolute atomic E-state index is 6.61. The number of hydrogen-bond donors (Lipinski definition) is 0. The van der Waals surface area contributed by atoms with Gasteiger partial charge >= 0.3 is 0 Å². The van der Waals surface area contributed by atoms with Crippen molar-refractivity contribution in [2.24, 2.45) is 0 Å². The lowest BCUT2D eigenvalue weighted by Crippen LogP contribution is -1.94. The lowest BCUT2D eigenvalue weighted by atomic mass is 9.91. The second kappa shape index (κ2) is 11.0. The quantitative estimate of drug-likeness (QED) is 0.183.